The lowest BCUT2D eigenvalue weighted by Gasteiger charge is -2.29. The highest BCUT2D eigenvalue weighted by molar-refractivity contribution is 7.99. The molecule has 0 unspecified atom stereocenters. The standard InChI is InChI=1S/C26H26N2O3S/c29-25(13-14-26(30)28-15-16-32-24-12-5-4-11-23(24)28)27-18-21-9-6-10-22(17-21)31-19-20-7-2-1-3-8-20/h1-12,17H,13-16,18-19H2,(H,27,29). The molecule has 0 radical (unpaired) electrons. The highest BCUT2D eigenvalue weighted by atomic mass is 32.2. The zero-order valence-corrected chi connectivity index (χ0v) is 18.6. The molecule has 1 heterocycles. The second-order valence-electron chi connectivity index (χ2n) is 7.56. The van der Waals surface area contributed by atoms with Gasteiger partial charge in [0.1, 0.15) is 12.4 Å². The van der Waals surface area contributed by atoms with Crippen LogP contribution in [0.1, 0.15) is 24.0 Å². The Kier molecular flexibility index (Phi) is 7.46. The number of ether oxygens (including phenoxy) is 1. The van der Waals surface area contributed by atoms with Crippen LogP contribution in [-0.4, -0.2) is 24.1 Å². The molecule has 32 heavy (non-hydrogen) atoms. The predicted octanol–water partition coefficient (Wildman–Crippen LogP) is 4.80. The highest BCUT2D eigenvalue weighted by Gasteiger charge is 2.22. The topological polar surface area (TPSA) is 58.6 Å². The van der Waals surface area contributed by atoms with Crippen LogP contribution >= 0.6 is 11.8 Å². The molecule has 3 aromatic rings. The Morgan fingerprint density at radius 1 is 0.906 bits per heavy atom. The van der Waals surface area contributed by atoms with Crippen LogP contribution < -0.4 is 15.0 Å². The van der Waals surface area contributed by atoms with Gasteiger partial charge in [0.05, 0.1) is 5.69 Å². The van der Waals surface area contributed by atoms with E-state index in [1.165, 1.54) is 0 Å². The molecule has 1 aliphatic rings. The molecular weight excluding hydrogens is 420 g/mol. The van der Waals surface area contributed by atoms with Crippen LogP contribution in [0.5, 0.6) is 5.75 Å². The number of amides is 2. The van der Waals surface area contributed by atoms with Crippen molar-refractivity contribution in [3.8, 4) is 5.75 Å². The monoisotopic (exact) mass is 446 g/mol. The molecule has 0 aromatic heterocycles. The average Bonchev–Trinajstić information content (AvgIpc) is 2.85. The lowest BCUT2D eigenvalue weighted by Crippen LogP contribution is -2.36. The minimum Gasteiger partial charge on any atom is -0.489 e. The van der Waals surface area contributed by atoms with Crippen molar-refractivity contribution in [1.82, 2.24) is 5.32 Å². The second-order valence-corrected chi connectivity index (χ2v) is 8.70. The number of carbonyl (C=O) groups is 2. The minimum absolute atomic E-state index is 0.00999. The summed E-state index contributed by atoms with van der Waals surface area (Å²) in [6.07, 6.45) is 0.375. The molecule has 2 amide bonds. The molecule has 5 nitrogen and oxygen atoms in total. The van der Waals surface area contributed by atoms with Crippen molar-refractivity contribution in [3.05, 3.63) is 90.0 Å². The summed E-state index contributed by atoms with van der Waals surface area (Å²) in [6, 6.07) is 25.6. The molecule has 0 atom stereocenters. The Bertz CT molecular complexity index is 1070. The summed E-state index contributed by atoms with van der Waals surface area (Å²) in [7, 11) is 0. The van der Waals surface area contributed by atoms with Crippen LogP contribution in [0.3, 0.4) is 0 Å². The number of rotatable bonds is 8. The quantitative estimate of drug-likeness (QED) is 0.540. The van der Waals surface area contributed by atoms with E-state index in [0.29, 0.717) is 19.7 Å². The van der Waals surface area contributed by atoms with Gasteiger partial charge in [-0.05, 0) is 35.4 Å². The van der Waals surface area contributed by atoms with E-state index < -0.39 is 0 Å². The van der Waals surface area contributed by atoms with E-state index in [0.717, 1.165) is 33.2 Å². The Labute approximate surface area is 192 Å². The number of hydrogen-bond acceptors (Lipinski definition) is 4. The third-order valence-electron chi connectivity index (χ3n) is 5.23. The molecule has 1 aliphatic heterocycles. The van der Waals surface area contributed by atoms with Crippen LogP contribution in [0.25, 0.3) is 0 Å². The van der Waals surface area contributed by atoms with Crippen molar-refractivity contribution in [1.29, 1.82) is 0 Å². The Hall–Kier alpha value is -3.25. The van der Waals surface area contributed by atoms with Gasteiger partial charge in [-0.15, -0.1) is 11.8 Å². The molecule has 0 saturated carbocycles. The van der Waals surface area contributed by atoms with Crippen molar-refractivity contribution in [2.24, 2.45) is 0 Å². The van der Waals surface area contributed by atoms with E-state index in [1.54, 1.807) is 16.7 Å². The summed E-state index contributed by atoms with van der Waals surface area (Å²) in [5.41, 5.74) is 3.00. The van der Waals surface area contributed by atoms with E-state index in [1.807, 2.05) is 78.9 Å². The summed E-state index contributed by atoms with van der Waals surface area (Å²) < 4.78 is 5.85. The van der Waals surface area contributed by atoms with Crippen LogP contribution in [0.2, 0.25) is 0 Å². The fourth-order valence-corrected chi connectivity index (χ4v) is 4.55. The van der Waals surface area contributed by atoms with E-state index in [9.17, 15) is 9.59 Å². The van der Waals surface area contributed by atoms with Gasteiger partial charge in [-0.2, -0.15) is 0 Å². The maximum Gasteiger partial charge on any atom is 0.227 e. The van der Waals surface area contributed by atoms with Gasteiger partial charge in [0.15, 0.2) is 0 Å². The molecule has 1 N–H and O–H groups in total. The molecule has 164 valence electrons. The maximum absolute atomic E-state index is 12.7. The Morgan fingerprint density at radius 3 is 2.56 bits per heavy atom. The Morgan fingerprint density at radius 2 is 1.69 bits per heavy atom. The van der Waals surface area contributed by atoms with Gasteiger partial charge >= 0.3 is 0 Å². The van der Waals surface area contributed by atoms with Crippen molar-refractivity contribution in [3.63, 3.8) is 0 Å². The van der Waals surface area contributed by atoms with Gasteiger partial charge in [-0.3, -0.25) is 9.59 Å². The highest BCUT2D eigenvalue weighted by Crippen LogP contribution is 2.34. The summed E-state index contributed by atoms with van der Waals surface area (Å²) in [6.45, 7) is 1.58. The lowest BCUT2D eigenvalue weighted by atomic mass is 10.2. The molecule has 0 spiro atoms. The number of carbonyl (C=O) groups excluding carboxylic acids is 2. The Balaban J connectivity index is 1.23. The van der Waals surface area contributed by atoms with Gasteiger partial charge in [-0.1, -0.05) is 54.6 Å². The van der Waals surface area contributed by atoms with Crippen molar-refractivity contribution in [2.75, 3.05) is 17.2 Å². The largest absolute Gasteiger partial charge is 0.489 e. The number of fused-ring (bicyclic) bond motifs is 1. The van der Waals surface area contributed by atoms with Gasteiger partial charge < -0.3 is 15.0 Å². The molecule has 6 heteroatoms. The van der Waals surface area contributed by atoms with Gasteiger partial charge in [0.2, 0.25) is 11.8 Å². The number of anilines is 1. The molecule has 0 bridgehead atoms. The van der Waals surface area contributed by atoms with Crippen LogP contribution in [0.15, 0.2) is 83.8 Å². The van der Waals surface area contributed by atoms with Gasteiger partial charge in [0, 0.05) is 36.6 Å². The summed E-state index contributed by atoms with van der Waals surface area (Å²) in [5, 5.41) is 2.91. The first-order valence-electron chi connectivity index (χ1n) is 10.7. The molecule has 3 aromatic carbocycles. The van der Waals surface area contributed by atoms with Crippen LogP contribution in [-0.2, 0) is 22.7 Å². The fraction of sp³-hybridized carbons (Fsp3) is 0.231. The third-order valence-corrected chi connectivity index (χ3v) is 6.27. The average molecular weight is 447 g/mol. The van der Waals surface area contributed by atoms with E-state index >= 15 is 0 Å². The molecule has 0 aliphatic carbocycles. The van der Waals surface area contributed by atoms with Crippen molar-refractivity contribution in [2.45, 2.75) is 30.9 Å². The van der Waals surface area contributed by atoms with E-state index in [2.05, 4.69) is 5.32 Å². The molecular formula is C26H26N2O3S. The summed E-state index contributed by atoms with van der Waals surface area (Å²) in [4.78, 5) is 27.9. The lowest BCUT2D eigenvalue weighted by molar-refractivity contribution is -0.125. The first-order valence-corrected chi connectivity index (χ1v) is 11.7. The SMILES string of the molecule is O=C(CCC(=O)N1CCSc2ccccc21)NCc1cccc(OCc2ccccc2)c1. The van der Waals surface area contributed by atoms with Crippen LogP contribution in [0.4, 0.5) is 5.69 Å². The van der Waals surface area contributed by atoms with E-state index in [4.69, 9.17) is 4.74 Å². The van der Waals surface area contributed by atoms with Crippen molar-refractivity contribution >= 4 is 29.3 Å². The number of hydrogen-bond donors (Lipinski definition) is 1. The zero-order valence-electron chi connectivity index (χ0n) is 17.8. The number of benzene rings is 3. The molecule has 4 rings (SSSR count). The van der Waals surface area contributed by atoms with Crippen LogP contribution in [0, 0.1) is 0 Å². The minimum atomic E-state index is -0.131. The van der Waals surface area contributed by atoms with Gasteiger partial charge in [-0.25, -0.2) is 0 Å². The maximum atomic E-state index is 12.7. The normalized spacial score (nSPS) is 12.7. The third kappa shape index (κ3) is 5.92. The second kappa shape index (κ2) is 10.9. The number of nitrogens with one attached hydrogen (secondary N) is 1. The fourth-order valence-electron chi connectivity index (χ4n) is 3.56. The number of nitrogens with zero attached hydrogens (tertiary/aromatic N) is 1. The predicted molar refractivity (Wildman–Crippen MR) is 128 cm³/mol. The smallest absolute Gasteiger partial charge is 0.227 e. The number of thioether (sulfide) groups is 1. The van der Waals surface area contributed by atoms with Gasteiger partial charge in [0.25, 0.3) is 0 Å². The number of para-hydroxylation sites is 1. The van der Waals surface area contributed by atoms with Crippen molar-refractivity contribution < 1.29 is 14.3 Å². The first kappa shape index (κ1) is 22.0. The zero-order chi connectivity index (χ0) is 22.2. The summed E-state index contributed by atoms with van der Waals surface area (Å²) >= 11 is 1.76. The molecule has 0 saturated heterocycles. The van der Waals surface area contributed by atoms with E-state index in [-0.39, 0.29) is 24.7 Å². The first-order chi connectivity index (χ1) is 15.7. The molecule has 0 fully saturated rings. The summed E-state index contributed by atoms with van der Waals surface area (Å²) in [5.74, 6) is 1.49.